The molecule has 0 radical (unpaired) electrons. The first kappa shape index (κ1) is 11.1. The van der Waals surface area contributed by atoms with Crippen LogP contribution >= 0.6 is 0 Å². The van der Waals surface area contributed by atoms with E-state index in [1.165, 1.54) is 19.3 Å². The quantitative estimate of drug-likeness (QED) is 0.603. The highest BCUT2D eigenvalue weighted by atomic mass is 14.7. The van der Waals surface area contributed by atoms with E-state index in [0.717, 1.165) is 11.8 Å². The second-order valence-electron chi connectivity index (χ2n) is 5.35. The van der Waals surface area contributed by atoms with Gasteiger partial charge in [0.15, 0.2) is 0 Å². The molecule has 1 saturated carbocycles. The van der Waals surface area contributed by atoms with E-state index in [-0.39, 0.29) is 0 Å². The zero-order chi connectivity index (χ0) is 10.3. The van der Waals surface area contributed by atoms with Crippen LogP contribution in [0.4, 0.5) is 0 Å². The summed E-state index contributed by atoms with van der Waals surface area (Å²) < 4.78 is 0. The Labute approximate surface area is 84.1 Å². The van der Waals surface area contributed by atoms with Crippen LogP contribution in [-0.4, -0.2) is 0 Å². The molecule has 0 heterocycles. The van der Waals surface area contributed by atoms with E-state index in [1.807, 2.05) is 0 Å². The molecule has 0 aromatic carbocycles. The van der Waals surface area contributed by atoms with Crippen LogP contribution in [0.2, 0.25) is 0 Å². The minimum absolute atomic E-state index is 0.600. The van der Waals surface area contributed by atoms with Crippen molar-refractivity contribution in [3.8, 4) is 0 Å². The lowest BCUT2D eigenvalue weighted by molar-refractivity contribution is -0.187. The second-order valence-corrected chi connectivity index (χ2v) is 5.35. The lowest BCUT2D eigenvalue weighted by atomic mass is 9.38. The third-order valence-corrected chi connectivity index (χ3v) is 5.64. The summed E-state index contributed by atoms with van der Waals surface area (Å²) in [5.41, 5.74) is 1.21. The maximum absolute atomic E-state index is 2.50. The highest BCUT2D eigenvalue weighted by Gasteiger charge is 2.61. The van der Waals surface area contributed by atoms with Gasteiger partial charge < -0.3 is 0 Å². The van der Waals surface area contributed by atoms with E-state index in [2.05, 4.69) is 41.5 Å². The molecule has 0 aromatic heterocycles. The highest BCUT2D eigenvalue weighted by Crippen LogP contribution is 2.68. The SMILES string of the molecule is CCC1C(C)C(C)(CC)C1(C)CC. The number of rotatable bonds is 3. The monoisotopic (exact) mass is 182 g/mol. The highest BCUT2D eigenvalue weighted by molar-refractivity contribution is 5.09. The van der Waals surface area contributed by atoms with Gasteiger partial charge >= 0.3 is 0 Å². The van der Waals surface area contributed by atoms with Crippen molar-refractivity contribution in [3.05, 3.63) is 0 Å². The molecular weight excluding hydrogens is 156 g/mol. The van der Waals surface area contributed by atoms with Gasteiger partial charge in [-0.05, 0) is 35.5 Å². The second kappa shape index (κ2) is 3.29. The standard InChI is InChI=1S/C13H26/c1-7-11-10(4)12(5,8-2)13(11,6)9-3/h10-11H,7-9H2,1-6H3. The summed E-state index contributed by atoms with van der Waals surface area (Å²) in [7, 11) is 0. The molecule has 4 unspecified atom stereocenters. The molecule has 0 amide bonds. The summed E-state index contributed by atoms with van der Waals surface area (Å²) in [5, 5.41) is 0. The fraction of sp³-hybridized carbons (Fsp3) is 1.00. The number of hydrogen-bond donors (Lipinski definition) is 0. The van der Waals surface area contributed by atoms with Crippen molar-refractivity contribution in [1.82, 2.24) is 0 Å². The Morgan fingerprint density at radius 3 is 1.69 bits per heavy atom. The Balaban J connectivity index is 2.90. The molecule has 0 bridgehead atoms. The lowest BCUT2D eigenvalue weighted by Crippen LogP contribution is -2.60. The maximum atomic E-state index is 2.50. The van der Waals surface area contributed by atoms with E-state index in [4.69, 9.17) is 0 Å². The Bertz CT molecular complexity index is 184. The smallest absolute Gasteiger partial charge is 0.0241 e. The third kappa shape index (κ3) is 1.10. The first-order chi connectivity index (χ1) is 5.97. The summed E-state index contributed by atoms with van der Waals surface area (Å²) in [4.78, 5) is 0. The Morgan fingerprint density at radius 2 is 1.38 bits per heavy atom. The van der Waals surface area contributed by atoms with Crippen molar-refractivity contribution in [1.29, 1.82) is 0 Å². The molecule has 1 aliphatic carbocycles. The van der Waals surface area contributed by atoms with Gasteiger partial charge in [0.05, 0.1) is 0 Å². The topological polar surface area (TPSA) is 0 Å². The van der Waals surface area contributed by atoms with E-state index in [1.54, 1.807) is 0 Å². The summed E-state index contributed by atoms with van der Waals surface area (Å²) in [6.07, 6.45) is 4.05. The predicted molar refractivity (Wildman–Crippen MR) is 59.7 cm³/mol. The molecule has 1 rings (SSSR count). The summed E-state index contributed by atoms with van der Waals surface area (Å²) in [6.45, 7) is 14.5. The van der Waals surface area contributed by atoms with E-state index < -0.39 is 0 Å². The van der Waals surface area contributed by atoms with Crippen LogP contribution in [0.15, 0.2) is 0 Å². The number of hydrogen-bond acceptors (Lipinski definition) is 0. The zero-order valence-electron chi connectivity index (χ0n) is 10.3. The molecular formula is C13H26. The Hall–Kier alpha value is 0. The normalized spacial score (nSPS) is 50.3. The molecule has 1 fully saturated rings. The van der Waals surface area contributed by atoms with Gasteiger partial charge in [0.1, 0.15) is 0 Å². The summed E-state index contributed by atoms with van der Waals surface area (Å²) in [5.74, 6) is 1.88. The molecule has 0 spiro atoms. The van der Waals surface area contributed by atoms with Gasteiger partial charge in [0.25, 0.3) is 0 Å². The third-order valence-electron chi connectivity index (χ3n) is 5.64. The van der Waals surface area contributed by atoms with Crippen molar-refractivity contribution in [3.63, 3.8) is 0 Å². The van der Waals surface area contributed by atoms with Crippen molar-refractivity contribution in [2.75, 3.05) is 0 Å². The van der Waals surface area contributed by atoms with E-state index >= 15 is 0 Å². The molecule has 0 saturated heterocycles. The lowest BCUT2D eigenvalue weighted by Gasteiger charge is -2.67. The molecule has 0 nitrogen and oxygen atoms in total. The largest absolute Gasteiger partial charge is 0.0651 e. The summed E-state index contributed by atoms with van der Waals surface area (Å²) in [6, 6.07) is 0. The fourth-order valence-electron chi connectivity index (χ4n) is 4.04. The van der Waals surface area contributed by atoms with Gasteiger partial charge in [-0.3, -0.25) is 0 Å². The minimum atomic E-state index is 0.600. The van der Waals surface area contributed by atoms with Crippen LogP contribution in [0.3, 0.4) is 0 Å². The van der Waals surface area contributed by atoms with E-state index in [9.17, 15) is 0 Å². The maximum Gasteiger partial charge on any atom is -0.0241 e. The van der Waals surface area contributed by atoms with Crippen LogP contribution in [0.25, 0.3) is 0 Å². The van der Waals surface area contributed by atoms with Crippen molar-refractivity contribution in [2.45, 2.75) is 60.8 Å². The van der Waals surface area contributed by atoms with Crippen LogP contribution in [0.1, 0.15) is 60.8 Å². The average molecular weight is 182 g/mol. The average Bonchev–Trinajstić information content (AvgIpc) is 2.16. The van der Waals surface area contributed by atoms with Crippen LogP contribution < -0.4 is 0 Å². The molecule has 1 aliphatic rings. The molecule has 4 atom stereocenters. The summed E-state index contributed by atoms with van der Waals surface area (Å²) >= 11 is 0. The van der Waals surface area contributed by atoms with Gasteiger partial charge in [0, 0.05) is 0 Å². The predicted octanol–water partition coefficient (Wildman–Crippen LogP) is 4.49. The Kier molecular flexibility index (Phi) is 2.81. The van der Waals surface area contributed by atoms with Gasteiger partial charge in [-0.1, -0.05) is 48.0 Å². The van der Waals surface area contributed by atoms with Gasteiger partial charge in [-0.2, -0.15) is 0 Å². The van der Waals surface area contributed by atoms with Gasteiger partial charge in [-0.25, -0.2) is 0 Å². The van der Waals surface area contributed by atoms with Crippen molar-refractivity contribution in [2.24, 2.45) is 22.7 Å². The molecule has 78 valence electrons. The van der Waals surface area contributed by atoms with Crippen LogP contribution in [0.5, 0.6) is 0 Å². The molecule has 0 N–H and O–H groups in total. The first-order valence-corrected chi connectivity index (χ1v) is 5.97. The van der Waals surface area contributed by atoms with Crippen molar-refractivity contribution >= 4 is 0 Å². The fourth-order valence-corrected chi connectivity index (χ4v) is 4.04. The zero-order valence-corrected chi connectivity index (χ0v) is 10.3. The van der Waals surface area contributed by atoms with E-state index in [0.29, 0.717) is 10.8 Å². The van der Waals surface area contributed by atoms with Crippen LogP contribution in [0, 0.1) is 22.7 Å². The van der Waals surface area contributed by atoms with Crippen LogP contribution in [-0.2, 0) is 0 Å². The molecule has 0 aliphatic heterocycles. The van der Waals surface area contributed by atoms with Gasteiger partial charge in [0.2, 0.25) is 0 Å². The first-order valence-electron chi connectivity index (χ1n) is 5.97. The van der Waals surface area contributed by atoms with Gasteiger partial charge in [-0.15, -0.1) is 0 Å². The minimum Gasteiger partial charge on any atom is -0.0651 e. The van der Waals surface area contributed by atoms with Crippen molar-refractivity contribution < 1.29 is 0 Å². The molecule has 13 heavy (non-hydrogen) atoms. The Morgan fingerprint density at radius 1 is 0.923 bits per heavy atom. The molecule has 0 aromatic rings. The molecule has 0 heteroatoms.